The average Bonchev–Trinajstić information content (AvgIpc) is 1.70. The van der Waals surface area contributed by atoms with Gasteiger partial charge in [0.1, 0.15) is 0 Å². The molecule has 346 valence electrons. The second-order valence-electron chi connectivity index (χ2n) is 5.75. The van der Waals surface area contributed by atoms with Crippen LogP contribution in [-0.2, 0) is 16.5 Å². The van der Waals surface area contributed by atoms with Crippen LogP contribution >= 0.6 is 46.9 Å². The minimum atomic E-state index is -10.7. The molecule has 6 nitrogen and oxygen atoms in total. The molecule has 0 aliphatic rings. The largest absolute Gasteiger partial charge is 0.369 e. The van der Waals surface area contributed by atoms with Crippen LogP contribution in [0.2, 0.25) is 0 Å². The van der Waals surface area contributed by atoms with Crippen molar-refractivity contribution in [2.45, 2.75) is 0 Å². The summed E-state index contributed by atoms with van der Waals surface area (Å²) in [6, 6.07) is 0. The van der Waals surface area contributed by atoms with E-state index in [4.69, 9.17) is 0 Å². The van der Waals surface area contributed by atoms with Crippen LogP contribution in [0, 0.1) is 0 Å². The first-order valence-corrected chi connectivity index (χ1v) is 18.3. The Morgan fingerprint density at radius 1 is 0.122 bits per heavy atom. The molecule has 49 heteroatoms. The molecule has 0 atom stereocenters. The maximum Gasteiger partial charge on any atom is 0 e. The molecular formula is H24F36N6NiP6. The fourth-order valence-electron chi connectivity index (χ4n) is 0. The Hall–Kier alpha value is 0.314. The summed E-state index contributed by atoms with van der Waals surface area (Å²) >= 11 is 0. The Labute approximate surface area is 252 Å². The van der Waals surface area contributed by atoms with Gasteiger partial charge in [-0.2, -0.15) is 0 Å². The Morgan fingerprint density at radius 3 is 0.122 bits per heavy atom. The standard InChI is InChI=1S/6F6P.6H3N.Ni/c6*1-7(2,3,4,5)6;;;;;;;/h;;;;;;6*1H3;/q6*-1;;;;;;;/p+6. The summed E-state index contributed by atoms with van der Waals surface area (Å²) in [6.07, 6.45) is 0. The van der Waals surface area contributed by atoms with Crippen molar-refractivity contribution in [1.82, 2.24) is 36.9 Å². The van der Waals surface area contributed by atoms with E-state index in [2.05, 4.69) is 0 Å². The van der Waals surface area contributed by atoms with E-state index in [0.717, 1.165) is 0 Å². The number of hydrogen-bond acceptors (Lipinski definition) is 0. The van der Waals surface area contributed by atoms with Crippen LogP contribution in [0.5, 0.6) is 0 Å². The third kappa shape index (κ3) is 1050000. The van der Waals surface area contributed by atoms with Crippen LogP contribution in [0.15, 0.2) is 0 Å². The van der Waals surface area contributed by atoms with Crippen molar-refractivity contribution in [3.05, 3.63) is 0 Å². The fourth-order valence-corrected chi connectivity index (χ4v) is 0. The fraction of sp³-hybridized carbons (Fsp3) is 0. The molecule has 0 amide bonds. The van der Waals surface area contributed by atoms with Gasteiger partial charge >= 0.3 is 198 Å². The predicted octanol–water partition coefficient (Wildman–Crippen LogP) is 22.5. The summed E-state index contributed by atoms with van der Waals surface area (Å²) in [5.74, 6) is 0. The summed E-state index contributed by atoms with van der Waals surface area (Å²) in [6.45, 7) is 0. The molecule has 0 aliphatic carbocycles. The van der Waals surface area contributed by atoms with E-state index in [-0.39, 0.29) is 53.4 Å². The van der Waals surface area contributed by atoms with Gasteiger partial charge in [0.25, 0.3) is 0 Å². The van der Waals surface area contributed by atoms with E-state index in [0.29, 0.717) is 0 Å². The third-order valence-electron chi connectivity index (χ3n) is 0. The van der Waals surface area contributed by atoms with E-state index in [9.17, 15) is 151 Å². The molecule has 24 N–H and O–H groups in total. The number of hydrogen-bond donors (Lipinski definition) is 6. The van der Waals surface area contributed by atoms with Gasteiger partial charge < -0.3 is 36.9 Å². The maximum absolute atomic E-state index is 10.7. The maximum atomic E-state index is 9.87. The van der Waals surface area contributed by atoms with Crippen LogP contribution in [0.4, 0.5) is 151 Å². The quantitative estimate of drug-likeness (QED) is 0.0758. The zero-order valence-corrected chi connectivity index (χ0v) is 29.0. The van der Waals surface area contributed by atoms with Gasteiger partial charge in [0.15, 0.2) is 0 Å². The molecule has 0 aromatic carbocycles. The third-order valence-corrected chi connectivity index (χ3v) is 0. The van der Waals surface area contributed by atoms with Gasteiger partial charge in [-0.05, 0) is 0 Å². The normalized spacial score (nSPS) is 19.8. The van der Waals surface area contributed by atoms with Gasteiger partial charge in [-0.15, -0.1) is 0 Å². The van der Waals surface area contributed by atoms with Gasteiger partial charge in [0.05, 0.1) is 0 Å². The van der Waals surface area contributed by atoms with Crippen LogP contribution < -0.4 is 36.9 Å². The minimum absolute atomic E-state index is 0. The van der Waals surface area contributed by atoms with Gasteiger partial charge in [-0.1, -0.05) is 0 Å². The van der Waals surface area contributed by atoms with Gasteiger partial charge in [-0.25, -0.2) is 0 Å². The topological polar surface area (TPSA) is 219 Å². The first-order chi connectivity index (χ1) is 14.7. The number of rotatable bonds is 0. The van der Waals surface area contributed by atoms with Crippen molar-refractivity contribution in [3.63, 3.8) is 0 Å². The predicted molar refractivity (Wildman–Crippen MR) is 117 cm³/mol. The molecule has 0 bridgehead atoms. The summed E-state index contributed by atoms with van der Waals surface area (Å²) in [7, 11) is -63.9. The smallest absolute Gasteiger partial charge is 0 e. The van der Waals surface area contributed by atoms with Crippen molar-refractivity contribution in [3.8, 4) is 0 Å². The Kier molecular flexibility index (Phi) is 23.6. The molecular weight excluding hydrogens is 1010 g/mol. The molecule has 0 unspecified atom stereocenters. The van der Waals surface area contributed by atoms with Crippen LogP contribution in [0.1, 0.15) is 0 Å². The molecule has 49 heavy (non-hydrogen) atoms. The summed E-state index contributed by atoms with van der Waals surface area (Å²) in [5, 5.41) is 0. The Morgan fingerprint density at radius 2 is 0.122 bits per heavy atom. The molecule has 0 aromatic rings. The number of quaternary nitrogens is 6. The van der Waals surface area contributed by atoms with E-state index >= 15 is 0 Å². The van der Waals surface area contributed by atoms with Crippen molar-refractivity contribution >= 4 is 46.9 Å². The summed E-state index contributed by atoms with van der Waals surface area (Å²) in [5.41, 5.74) is 0. The zero-order valence-electron chi connectivity index (χ0n) is 22.6. The first kappa shape index (κ1) is 87.3. The van der Waals surface area contributed by atoms with Crippen molar-refractivity contribution in [2.75, 3.05) is 0 Å². The van der Waals surface area contributed by atoms with Crippen LogP contribution in [0.3, 0.4) is 0 Å². The van der Waals surface area contributed by atoms with Crippen LogP contribution in [-0.4, -0.2) is 0 Å². The van der Waals surface area contributed by atoms with E-state index in [1.54, 1.807) is 0 Å². The van der Waals surface area contributed by atoms with Crippen molar-refractivity contribution in [2.24, 2.45) is 0 Å². The molecule has 0 radical (unpaired) electrons. The molecule has 0 spiro atoms. The molecule has 0 fully saturated rings. The first-order valence-electron chi connectivity index (χ1n) is 6.09. The van der Waals surface area contributed by atoms with Crippen LogP contribution in [0.25, 0.3) is 0 Å². The molecule has 0 aliphatic heterocycles. The molecule has 0 rings (SSSR count). The molecule has 0 saturated heterocycles. The molecule has 0 heterocycles. The van der Waals surface area contributed by atoms with E-state index in [1.165, 1.54) is 0 Å². The average molecular weight is 1040 g/mol. The second-order valence-corrected chi connectivity index (χ2v) is 17.2. The zero-order chi connectivity index (χ0) is 38.4. The monoisotopic (exact) mass is 1040 g/mol. The van der Waals surface area contributed by atoms with Gasteiger partial charge in [-0.3, -0.25) is 0 Å². The summed E-state index contributed by atoms with van der Waals surface area (Å²) < 4.78 is 355. The molecule has 0 saturated carbocycles. The van der Waals surface area contributed by atoms with E-state index < -0.39 is 46.9 Å². The SMILES string of the molecule is F[P-](F)(F)(F)(F)F.F[P-](F)(F)(F)(F)F.F[P-](F)(F)(F)(F)F.F[P-](F)(F)(F)(F)F.F[P-](F)(F)(F)(F)F.F[P-](F)(F)(F)(F)F.[NH4+].[NH4+].[NH4+].[NH4+].[NH4+].[NH4+].[Ni]. The Bertz CT molecular complexity index is 642. The van der Waals surface area contributed by atoms with Gasteiger partial charge in [0, 0.05) is 16.5 Å². The van der Waals surface area contributed by atoms with Gasteiger partial charge in [0.2, 0.25) is 0 Å². The van der Waals surface area contributed by atoms with Crippen molar-refractivity contribution in [1.29, 1.82) is 0 Å². The van der Waals surface area contributed by atoms with E-state index in [1.807, 2.05) is 0 Å². The second kappa shape index (κ2) is 13.3. The molecule has 0 aromatic heterocycles. The Balaban J connectivity index is -0.0000000281. The number of halogens is 36. The minimum Gasteiger partial charge on any atom is -0.369 e. The van der Waals surface area contributed by atoms with Crippen molar-refractivity contribution < 1.29 is 168 Å². The summed E-state index contributed by atoms with van der Waals surface area (Å²) in [4.78, 5) is 0.